The third kappa shape index (κ3) is 29.6. The van der Waals surface area contributed by atoms with Gasteiger partial charge in [-0.2, -0.15) is 0 Å². The quantitative estimate of drug-likeness (QED) is 0.464. The summed E-state index contributed by atoms with van der Waals surface area (Å²) in [6.45, 7) is 19.7. The van der Waals surface area contributed by atoms with Gasteiger partial charge in [0.05, 0.1) is 0 Å². The van der Waals surface area contributed by atoms with E-state index in [0.29, 0.717) is 5.92 Å². The van der Waals surface area contributed by atoms with Crippen LogP contribution < -0.4 is 0 Å². The first-order valence-corrected chi connectivity index (χ1v) is 7.81. The second kappa shape index (κ2) is 21.7. The van der Waals surface area contributed by atoms with E-state index < -0.39 is 0 Å². The molecule has 0 aromatic carbocycles. The van der Waals surface area contributed by atoms with Crippen molar-refractivity contribution in [3.05, 3.63) is 25.3 Å². The van der Waals surface area contributed by atoms with Crippen LogP contribution in [0.2, 0.25) is 0 Å². The Kier molecular flexibility index (Phi) is 27.3. The molecular weight excluding hydrogens is 216 g/mol. The Balaban J connectivity index is -0.000000183. The molecule has 0 heteroatoms. The molecule has 1 rings (SSSR count). The molecule has 18 heavy (non-hydrogen) atoms. The molecule has 0 unspecified atom stereocenters. The summed E-state index contributed by atoms with van der Waals surface area (Å²) in [6, 6.07) is 0. The molecule has 0 spiro atoms. The smallest absolute Gasteiger partial charge is 0.0293 e. The molecule has 0 aromatic heterocycles. The van der Waals surface area contributed by atoms with Gasteiger partial charge in [0.25, 0.3) is 0 Å². The molecule has 0 amide bonds. The van der Waals surface area contributed by atoms with Crippen molar-refractivity contribution in [3.63, 3.8) is 0 Å². The van der Waals surface area contributed by atoms with Crippen molar-refractivity contribution in [3.8, 4) is 0 Å². The summed E-state index contributed by atoms with van der Waals surface area (Å²) in [5, 5.41) is 0. The summed E-state index contributed by atoms with van der Waals surface area (Å²) < 4.78 is 0. The summed E-state index contributed by atoms with van der Waals surface area (Å²) in [5.74, 6) is 1.68. The van der Waals surface area contributed by atoms with Gasteiger partial charge in [-0.05, 0) is 18.3 Å². The van der Waals surface area contributed by atoms with E-state index in [0.717, 1.165) is 12.3 Å². The highest BCUT2D eigenvalue weighted by atomic mass is 14.1. The second-order valence-corrected chi connectivity index (χ2v) is 4.92. The molecule has 0 atom stereocenters. The Morgan fingerprint density at radius 1 is 1.06 bits per heavy atom. The largest absolute Gasteiger partial charge is 0.103 e. The van der Waals surface area contributed by atoms with Crippen LogP contribution in [-0.2, 0) is 0 Å². The summed E-state index contributed by atoms with van der Waals surface area (Å²) in [6.07, 6.45) is 12.3. The zero-order valence-electron chi connectivity index (χ0n) is 14.0. The number of hydrogen-bond donors (Lipinski definition) is 0. The van der Waals surface area contributed by atoms with Gasteiger partial charge in [-0.25, -0.2) is 0 Å². The Hall–Kier alpha value is -0.520. The van der Waals surface area contributed by atoms with Crippen molar-refractivity contribution in [1.29, 1.82) is 0 Å². The predicted octanol–water partition coefficient (Wildman–Crippen LogP) is 7.02. The fourth-order valence-corrected chi connectivity index (χ4v) is 1.31. The predicted molar refractivity (Wildman–Crippen MR) is 89.1 cm³/mol. The molecule has 0 saturated heterocycles. The SMILES string of the molecule is C=CC(C)C.C=CCC.CC.CC1CCCCC1. The Morgan fingerprint density at radius 3 is 1.50 bits per heavy atom. The summed E-state index contributed by atoms with van der Waals surface area (Å²) in [4.78, 5) is 0. The maximum Gasteiger partial charge on any atom is -0.0293 e. The standard InChI is InChI=1S/C7H14.C5H10.C4H8.C2H6/c1-7-5-3-2-4-6-7;1-4-5(2)3;1-3-4-2;1-2/h7H,2-6H2,1H3;4-5H,1H2,2-3H3;3H,1,4H2,2H3;1-2H3. The minimum absolute atomic E-state index is 0.648. The molecule has 1 saturated carbocycles. The topological polar surface area (TPSA) is 0 Å². The zero-order valence-corrected chi connectivity index (χ0v) is 14.0. The monoisotopic (exact) mass is 254 g/mol. The van der Waals surface area contributed by atoms with Crippen LogP contribution in [0.4, 0.5) is 0 Å². The van der Waals surface area contributed by atoms with Crippen molar-refractivity contribution in [2.75, 3.05) is 0 Å². The molecular formula is C18H38. The summed E-state index contributed by atoms with van der Waals surface area (Å²) in [7, 11) is 0. The normalized spacial score (nSPS) is 13.9. The van der Waals surface area contributed by atoms with Gasteiger partial charge in [0, 0.05) is 0 Å². The van der Waals surface area contributed by atoms with Gasteiger partial charge in [0.15, 0.2) is 0 Å². The van der Waals surface area contributed by atoms with Crippen LogP contribution in [0.15, 0.2) is 25.3 Å². The lowest BCUT2D eigenvalue weighted by Gasteiger charge is -2.15. The van der Waals surface area contributed by atoms with Crippen LogP contribution in [-0.4, -0.2) is 0 Å². The number of rotatable bonds is 2. The van der Waals surface area contributed by atoms with E-state index in [1.807, 2.05) is 26.0 Å². The van der Waals surface area contributed by atoms with Crippen LogP contribution in [0.25, 0.3) is 0 Å². The highest BCUT2D eigenvalue weighted by molar-refractivity contribution is 4.69. The van der Waals surface area contributed by atoms with E-state index in [9.17, 15) is 0 Å². The number of hydrogen-bond acceptors (Lipinski definition) is 0. The molecule has 0 aliphatic heterocycles. The molecule has 0 bridgehead atoms. The Morgan fingerprint density at radius 2 is 1.39 bits per heavy atom. The molecule has 0 heterocycles. The van der Waals surface area contributed by atoms with Gasteiger partial charge >= 0.3 is 0 Å². The Labute approximate surface area is 118 Å². The van der Waals surface area contributed by atoms with Crippen LogP contribution in [0.5, 0.6) is 0 Å². The first kappa shape index (κ1) is 22.6. The molecule has 0 N–H and O–H groups in total. The van der Waals surface area contributed by atoms with Crippen LogP contribution >= 0.6 is 0 Å². The van der Waals surface area contributed by atoms with Crippen LogP contribution in [0, 0.1) is 11.8 Å². The lowest BCUT2D eigenvalue weighted by atomic mass is 9.91. The van der Waals surface area contributed by atoms with Crippen LogP contribution in [0.1, 0.15) is 80.1 Å². The molecule has 1 aliphatic rings. The zero-order chi connectivity index (χ0) is 14.8. The molecule has 0 nitrogen and oxygen atoms in total. The van der Waals surface area contributed by atoms with Gasteiger partial charge in [0.2, 0.25) is 0 Å². The minimum Gasteiger partial charge on any atom is -0.103 e. The average Bonchev–Trinajstić information content (AvgIpc) is 2.43. The van der Waals surface area contributed by atoms with E-state index in [4.69, 9.17) is 0 Å². The average molecular weight is 255 g/mol. The summed E-state index contributed by atoms with van der Waals surface area (Å²) >= 11 is 0. The second-order valence-electron chi connectivity index (χ2n) is 4.92. The van der Waals surface area contributed by atoms with E-state index in [2.05, 4.69) is 40.9 Å². The summed E-state index contributed by atoms with van der Waals surface area (Å²) in [5.41, 5.74) is 0. The third-order valence-corrected chi connectivity index (χ3v) is 2.65. The van der Waals surface area contributed by atoms with Crippen molar-refractivity contribution in [2.24, 2.45) is 11.8 Å². The van der Waals surface area contributed by atoms with Gasteiger partial charge in [-0.3, -0.25) is 0 Å². The first-order valence-electron chi connectivity index (χ1n) is 7.81. The van der Waals surface area contributed by atoms with E-state index >= 15 is 0 Å². The first-order chi connectivity index (χ1) is 8.58. The molecule has 1 fully saturated rings. The molecule has 110 valence electrons. The van der Waals surface area contributed by atoms with E-state index in [1.165, 1.54) is 32.1 Å². The number of allylic oxidation sites excluding steroid dienone is 2. The van der Waals surface area contributed by atoms with E-state index in [1.54, 1.807) is 0 Å². The van der Waals surface area contributed by atoms with Gasteiger partial charge in [-0.1, -0.05) is 85.8 Å². The Bertz CT molecular complexity index is 138. The lowest BCUT2D eigenvalue weighted by Crippen LogP contribution is -1.99. The van der Waals surface area contributed by atoms with Crippen molar-refractivity contribution < 1.29 is 0 Å². The minimum atomic E-state index is 0.648. The molecule has 1 aliphatic carbocycles. The maximum absolute atomic E-state index is 3.56. The maximum atomic E-state index is 3.56. The molecule has 0 radical (unpaired) electrons. The van der Waals surface area contributed by atoms with Crippen LogP contribution in [0.3, 0.4) is 0 Å². The van der Waals surface area contributed by atoms with E-state index in [-0.39, 0.29) is 0 Å². The van der Waals surface area contributed by atoms with Crippen molar-refractivity contribution >= 4 is 0 Å². The third-order valence-electron chi connectivity index (χ3n) is 2.65. The fraction of sp³-hybridized carbons (Fsp3) is 0.778. The van der Waals surface area contributed by atoms with Gasteiger partial charge < -0.3 is 0 Å². The fourth-order valence-electron chi connectivity index (χ4n) is 1.31. The highest BCUT2D eigenvalue weighted by Crippen LogP contribution is 2.22. The van der Waals surface area contributed by atoms with Gasteiger partial charge in [0.1, 0.15) is 0 Å². The molecule has 0 aromatic rings. The lowest BCUT2D eigenvalue weighted by molar-refractivity contribution is 0.385. The van der Waals surface area contributed by atoms with Gasteiger partial charge in [-0.15, -0.1) is 13.2 Å². The van der Waals surface area contributed by atoms with Crippen molar-refractivity contribution in [2.45, 2.75) is 80.1 Å². The van der Waals surface area contributed by atoms with Crippen molar-refractivity contribution in [1.82, 2.24) is 0 Å². The highest BCUT2D eigenvalue weighted by Gasteiger charge is 2.05.